The number of halogens is 1. The third kappa shape index (κ3) is 1.52. The second-order valence-electron chi connectivity index (χ2n) is 1.80. The van der Waals surface area contributed by atoms with Crippen molar-refractivity contribution in [2.24, 2.45) is 0 Å². The molecular weight excluding hydrogens is 198 g/mol. The molecule has 0 spiro atoms. The van der Waals surface area contributed by atoms with E-state index in [-0.39, 0.29) is 0 Å². The van der Waals surface area contributed by atoms with Gasteiger partial charge in [0.2, 0.25) is 0 Å². The van der Waals surface area contributed by atoms with E-state index in [4.69, 9.17) is 0 Å². The highest BCUT2D eigenvalue weighted by atomic mass is 79.9. The van der Waals surface area contributed by atoms with Crippen LogP contribution in [0.1, 0.15) is 16.8 Å². The molecule has 0 aliphatic rings. The summed E-state index contributed by atoms with van der Waals surface area (Å²) >= 11 is 5.13. The molecule has 1 aromatic heterocycles. The number of hydrogen-bond acceptors (Lipinski definition) is 2. The second kappa shape index (κ2) is 2.80. The zero-order valence-corrected chi connectivity index (χ0v) is 7.84. The van der Waals surface area contributed by atoms with Gasteiger partial charge >= 0.3 is 0 Å². The number of rotatable bonds is 1. The predicted molar refractivity (Wildman–Crippen MR) is 43.9 cm³/mol. The van der Waals surface area contributed by atoms with Crippen molar-refractivity contribution in [3.8, 4) is 0 Å². The molecule has 0 aromatic carbocycles. The second-order valence-corrected chi connectivity index (χ2v) is 3.84. The van der Waals surface area contributed by atoms with Crippen LogP contribution in [0.25, 0.3) is 0 Å². The molecule has 1 nitrogen and oxygen atoms in total. The van der Waals surface area contributed by atoms with Crippen LogP contribution in [0.15, 0.2) is 4.60 Å². The minimum Gasteiger partial charge on any atom is -0.234 e. The first-order valence-electron chi connectivity index (χ1n) is 2.86. The Kier molecular flexibility index (Phi) is 2.24. The summed E-state index contributed by atoms with van der Waals surface area (Å²) in [5.41, 5.74) is 0. The Balaban J connectivity index is 3.01. The molecule has 1 heterocycles. The molecule has 0 saturated carbocycles. The monoisotopic (exact) mass is 205 g/mol. The van der Waals surface area contributed by atoms with Gasteiger partial charge in [-0.25, -0.2) is 4.98 Å². The number of thiazole rings is 1. The Labute approximate surface area is 67.3 Å². The minimum absolute atomic E-state index is 1.02. The molecule has 0 atom stereocenters. The average molecular weight is 206 g/mol. The standard InChI is InChI=1S/C6H8BrNS/c1-3-5-6(7)8-4(2)9-5/h3H2,1-2H3. The molecule has 0 N–H and O–H groups in total. The van der Waals surface area contributed by atoms with Gasteiger partial charge in [0.1, 0.15) is 4.60 Å². The molecular formula is C6H8BrNS. The highest BCUT2D eigenvalue weighted by Gasteiger charge is 2.01. The summed E-state index contributed by atoms with van der Waals surface area (Å²) in [5, 5.41) is 1.14. The molecule has 0 unspecified atom stereocenters. The lowest BCUT2D eigenvalue weighted by Gasteiger charge is -1.83. The lowest BCUT2D eigenvalue weighted by molar-refractivity contribution is 1.14. The van der Waals surface area contributed by atoms with Gasteiger partial charge in [0.25, 0.3) is 0 Å². The van der Waals surface area contributed by atoms with Gasteiger partial charge in [0.05, 0.1) is 5.01 Å². The van der Waals surface area contributed by atoms with Gasteiger partial charge in [-0.15, -0.1) is 11.3 Å². The molecule has 0 aliphatic carbocycles. The fraction of sp³-hybridized carbons (Fsp3) is 0.500. The van der Waals surface area contributed by atoms with Gasteiger partial charge in [-0.2, -0.15) is 0 Å². The fourth-order valence-electron chi connectivity index (χ4n) is 0.662. The van der Waals surface area contributed by atoms with Crippen LogP contribution in [0.3, 0.4) is 0 Å². The van der Waals surface area contributed by atoms with E-state index in [1.807, 2.05) is 6.92 Å². The van der Waals surface area contributed by atoms with E-state index in [0.29, 0.717) is 0 Å². The molecule has 0 aliphatic heterocycles. The highest BCUT2D eigenvalue weighted by Crippen LogP contribution is 2.22. The smallest absolute Gasteiger partial charge is 0.120 e. The van der Waals surface area contributed by atoms with E-state index in [9.17, 15) is 0 Å². The van der Waals surface area contributed by atoms with E-state index < -0.39 is 0 Å². The van der Waals surface area contributed by atoms with Gasteiger partial charge < -0.3 is 0 Å². The number of hydrogen-bond donors (Lipinski definition) is 0. The van der Waals surface area contributed by atoms with Crippen molar-refractivity contribution < 1.29 is 0 Å². The van der Waals surface area contributed by atoms with Crippen LogP contribution in [-0.4, -0.2) is 4.98 Å². The fourth-order valence-corrected chi connectivity index (χ4v) is 2.34. The van der Waals surface area contributed by atoms with Gasteiger partial charge in [-0.05, 0) is 29.3 Å². The molecule has 0 bridgehead atoms. The van der Waals surface area contributed by atoms with Crippen molar-refractivity contribution in [1.82, 2.24) is 4.98 Å². The number of aromatic nitrogens is 1. The van der Waals surface area contributed by atoms with E-state index in [1.54, 1.807) is 11.3 Å². The number of nitrogens with zero attached hydrogens (tertiary/aromatic N) is 1. The topological polar surface area (TPSA) is 12.9 Å². The summed E-state index contributed by atoms with van der Waals surface area (Å²) in [6, 6.07) is 0. The highest BCUT2D eigenvalue weighted by molar-refractivity contribution is 9.10. The van der Waals surface area contributed by atoms with Crippen molar-refractivity contribution >= 4 is 27.3 Å². The van der Waals surface area contributed by atoms with Crippen LogP contribution < -0.4 is 0 Å². The summed E-state index contributed by atoms with van der Waals surface area (Å²) in [6.07, 6.45) is 1.08. The third-order valence-corrected chi connectivity index (χ3v) is 3.11. The van der Waals surface area contributed by atoms with Crippen LogP contribution in [0.2, 0.25) is 0 Å². The first kappa shape index (κ1) is 7.22. The van der Waals surface area contributed by atoms with E-state index in [1.165, 1.54) is 4.88 Å². The normalized spacial score (nSPS) is 10.1. The zero-order valence-electron chi connectivity index (χ0n) is 5.44. The Bertz CT molecular complexity index is 207. The van der Waals surface area contributed by atoms with E-state index in [2.05, 4.69) is 27.8 Å². The molecule has 1 aromatic rings. The minimum atomic E-state index is 1.02. The maximum atomic E-state index is 4.22. The van der Waals surface area contributed by atoms with Crippen molar-refractivity contribution in [1.29, 1.82) is 0 Å². The Morgan fingerprint density at radius 3 is 2.56 bits per heavy atom. The molecule has 0 fully saturated rings. The quantitative estimate of drug-likeness (QED) is 0.688. The van der Waals surface area contributed by atoms with Gasteiger partial charge in [-0.1, -0.05) is 6.92 Å². The van der Waals surface area contributed by atoms with Crippen molar-refractivity contribution in [3.63, 3.8) is 0 Å². The van der Waals surface area contributed by atoms with Crippen LogP contribution in [0, 0.1) is 6.92 Å². The summed E-state index contributed by atoms with van der Waals surface area (Å²) in [7, 11) is 0. The molecule has 1 rings (SSSR count). The molecule has 50 valence electrons. The molecule has 0 radical (unpaired) electrons. The van der Waals surface area contributed by atoms with Crippen LogP contribution in [0.4, 0.5) is 0 Å². The summed E-state index contributed by atoms with van der Waals surface area (Å²) in [5.74, 6) is 0. The Morgan fingerprint density at radius 2 is 2.33 bits per heavy atom. The van der Waals surface area contributed by atoms with Crippen LogP contribution in [-0.2, 0) is 6.42 Å². The van der Waals surface area contributed by atoms with Crippen molar-refractivity contribution in [2.75, 3.05) is 0 Å². The third-order valence-electron chi connectivity index (χ3n) is 1.08. The lowest BCUT2D eigenvalue weighted by Crippen LogP contribution is -1.71. The zero-order chi connectivity index (χ0) is 6.85. The largest absolute Gasteiger partial charge is 0.234 e. The Morgan fingerprint density at radius 1 is 1.67 bits per heavy atom. The first-order chi connectivity index (χ1) is 4.24. The predicted octanol–water partition coefficient (Wildman–Crippen LogP) is 2.78. The molecule has 3 heteroatoms. The van der Waals surface area contributed by atoms with Gasteiger partial charge in [0, 0.05) is 4.88 Å². The number of aryl methyl sites for hydroxylation is 2. The van der Waals surface area contributed by atoms with Crippen molar-refractivity contribution in [3.05, 3.63) is 14.5 Å². The van der Waals surface area contributed by atoms with Gasteiger partial charge in [-0.3, -0.25) is 0 Å². The van der Waals surface area contributed by atoms with Crippen LogP contribution in [0.5, 0.6) is 0 Å². The van der Waals surface area contributed by atoms with Gasteiger partial charge in [0.15, 0.2) is 0 Å². The summed E-state index contributed by atoms with van der Waals surface area (Å²) < 4.78 is 1.02. The lowest BCUT2D eigenvalue weighted by atomic mass is 10.4. The van der Waals surface area contributed by atoms with Crippen molar-refractivity contribution in [2.45, 2.75) is 20.3 Å². The maximum absolute atomic E-state index is 4.22. The average Bonchev–Trinajstić information content (AvgIpc) is 2.10. The summed E-state index contributed by atoms with van der Waals surface area (Å²) in [6.45, 7) is 4.16. The van der Waals surface area contributed by atoms with E-state index in [0.717, 1.165) is 16.0 Å². The maximum Gasteiger partial charge on any atom is 0.120 e. The molecule has 9 heavy (non-hydrogen) atoms. The van der Waals surface area contributed by atoms with E-state index >= 15 is 0 Å². The Hall–Kier alpha value is 0.110. The molecule has 0 amide bonds. The first-order valence-corrected chi connectivity index (χ1v) is 4.46. The SMILES string of the molecule is CCc1sc(C)nc1Br. The summed E-state index contributed by atoms with van der Waals surface area (Å²) in [4.78, 5) is 5.56. The molecule has 0 saturated heterocycles. The van der Waals surface area contributed by atoms with Crippen LogP contribution >= 0.6 is 27.3 Å².